The number of nitriles is 1. The number of rotatable bonds is 3. The molecule has 0 aliphatic carbocycles. The number of carbonyl (C=O) groups excluding carboxylic acids is 2. The van der Waals surface area contributed by atoms with Crippen LogP contribution in [0.25, 0.3) is 0 Å². The smallest absolute Gasteiger partial charge is 0.519 e. The Balaban J connectivity index is -0.0000000250. The Morgan fingerprint density at radius 1 is 1.42 bits per heavy atom. The molecule has 122 valence electrons. The predicted octanol–water partition coefficient (Wildman–Crippen LogP) is -10.2. The maximum Gasteiger partial charge on any atom is 1.00 e. The van der Waals surface area contributed by atoms with Crippen molar-refractivity contribution in [2.75, 3.05) is 0 Å². The van der Waals surface area contributed by atoms with Gasteiger partial charge in [-0.05, 0) is 19.1 Å². The fraction of sp³-hybridized carbons (Fsp3) is 0.400. The molecule has 2 amide bonds. The minimum atomic E-state index is 0. The second-order valence-electron chi connectivity index (χ2n) is 2.46. The van der Waals surface area contributed by atoms with Gasteiger partial charge in [0.1, 0.15) is 5.84 Å². The van der Waals surface area contributed by atoms with Gasteiger partial charge in [0.2, 0.25) is 0 Å². The van der Waals surface area contributed by atoms with Crippen LogP contribution in [0.2, 0.25) is 0 Å². The molecule has 0 saturated heterocycles. The summed E-state index contributed by atoms with van der Waals surface area (Å²) >= 11 is 0. The van der Waals surface area contributed by atoms with Crippen LogP contribution in [0.4, 0.5) is 0 Å². The molecular formula is C10H22N9O2Rb3. The minimum absolute atomic E-state index is 0. The second-order valence-corrected chi connectivity index (χ2v) is 2.46. The largest absolute Gasteiger partial charge is 1.00 e. The summed E-state index contributed by atoms with van der Waals surface area (Å²) in [5, 5.41) is 16.6. The molecule has 0 aliphatic rings. The van der Waals surface area contributed by atoms with E-state index in [2.05, 4.69) is 32.5 Å². The first-order chi connectivity index (χ1) is 9.49. The van der Waals surface area contributed by atoms with E-state index in [1.54, 1.807) is 18.4 Å². The van der Waals surface area contributed by atoms with Gasteiger partial charge < -0.3 is 36.3 Å². The van der Waals surface area contributed by atoms with E-state index in [9.17, 15) is 4.79 Å². The molecule has 1 aromatic heterocycles. The van der Waals surface area contributed by atoms with Crippen LogP contribution >= 0.6 is 0 Å². The average molecular weight is 558 g/mol. The van der Waals surface area contributed by atoms with Crippen molar-refractivity contribution in [1.29, 1.82) is 5.26 Å². The van der Waals surface area contributed by atoms with Crippen molar-refractivity contribution < 1.29 is 186 Å². The predicted molar refractivity (Wildman–Crippen MR) is 79.2 cm³/mol. The van der Waals surface area contributed by atoms with Gasteiger partial charge in [-0.1, -0.05) is 14.4 Å². The number of hydrazone groups is 1. The molecule has 24 heavy (non-hydrogen) atoms. The van der Waals surface area contributed by atoms with Gasteiger partial charge in [-0.25, -0.2) is 0 Å². The molecule has 14 heteroatoms. The van der Waals surface area contributed by atoms with Crippen LogP contribution in [0.5, 0.6) is 0 Å². The number of aromatic amines is 1. The van der Waals surface area contributed by atoms with E-state index >= 15 is 0 Å². The normalized spacial score (nSPS) is 6.54. The van der Waals surface area contributed by atoms with Gasteiger partial charge in [-0.3, -0.25) is 10.9 Å². The van der Waals surface area contributed by atoms with Gasteiger partial charge in [0.25, 0.3) is 0 Å². The van der Waals surface area contributed by atoms with Crippen molar-refractivity contribution >= 4 is 18.7 Å². The Morgan fingerprint density at radius 3 is 1.92 bits per heavy atom. The Bertz CT molecular complexity index is 399. The fourth-order valence-electron chi connectivity index (χ4n) is 0.342. The molecule has 0 aromatic carbocycles. The van der Waals surface area contributed by atoms with Crippen molar-refractivity contribution in [2.45, 2.75) is 28.2 Å². The van der Waals surface area contributed by atoms with Crippen LogP contribution in [0.15, 0.2) is 5.10 Å². The SMILES string of the molecule is C.CC#N.CC(N)=NN[C-]=O.Cc1n[c-]n[nH]1.NN[C-]=O.[2HH].[Rb+].[Rb+].[Rb+]. The number of hydrogen-bond acceptors (Lipinski definition) is 7. The Kier molecular flexibility index (Phi) is 84.3. The van der Waals surface area contributed by atoms with Gasteiger partial charge in [0, 0.05) is 8.35 Å². The van der Waals surface area contributed by atoms with E-state index in [0.29, 0.717) is 5.84 Å². The number of amides is 2. The molecule has 0 fully saturated rings. The zero-order chi connectivity index (χ0) is 16.2. The molecule has 0 saturated carbocycles. The van der Waals surface area contributed by atoms with Gasteiger partial charge in [-0.15, -0.1) is 6.41 Å². The van der Waals surface area contributed by atoms with Crippen LogP contribution in [-0.4, -0.2) is 33.8 Å². The van der Waals surface area contributed by atoms with Crippen LogP contribution < -0.4 is 197 Å². The van der Waals surface area contributed by atoms with Gasteiger partial charge >= 0.3 is 175 Å². The van der Waals surface area contributed by atoms with Gasteiger partial charge in [-0.2, -0.15) is 16.8 Å². The second kappa shape index (κ2) is 44.7. The molecule has 1 heterocycles. The number of hydrogen-bond donors (Lipinski definition) is 5. The first-order valence-corrected chi connectivity index (χ1v) is 4.80. The Labute approximate surface area is 291 Å². The minimum Gasteiger partial charge on any atom is -0.519 e. The third kappa shape index (κ3) is 64.4. The van der Waals surface area contributed by atoms with Crippen molar-refractivity contribution in [1.82, 2.24) is 26.0 Å². The monoisotopic (exact) mass is 556 g/mol. The summed E-state index contributed by atoms with van der Waals surface area (Å²) in [7, 11) is 0. The van der Waals surface area contributed by atoms with E-state index in [0.717, 1.165) is 5.82 Å². The van der Waals surface area contributed by atoms with Crippen molar-refractivity contribution in [3.63, 3.8) is 0 Å². The molecule has 0 aliphatic heterocycles. The fourth-order valence-corrected chi connectivity index (χ4v) is 0.342. The quantitative estimate of drug-likeness (QED) is 0.0464. The van der Waals surface area contributed by atoms with Crippen molar-refractivity contribution in [3.8, 4) is 6.07 Å². The third-order valence-corrected chi connectivity index (χ3v) is 0.822. The number of amidine groups is 1. The standard InChI is InChI=1S/C3H6N3O.C3H4N3.C2H3N.CH3N2O.CH4.3Rb.H2/c1-3(4)6-5-2-7;1-3-4-2-5-6-3;1-2-3;2-3-1-4;;;;;/h1H3,(H2,4,6)(H,5,7);1H3,(H,4,5,6);1H3;2H2,(H,3,4);1H4;;;;1H/q2*-1;;-1;;3*+1;/i;;;;;;;;1+1. The molecule has 0 bridgehead atoms. The molecule has 0 unspecified atom stereocenters. The molecule has 1 aromatic rings. The summed E-state index contributed by atoms with van der Waals surface area (Å²) in [5.41, 5.74) is 8.52. The number of hydrazine groups is 1. The summed E-state index contributed by atoms with van der Waals surface area (Å²) in [4.78, 5) is 21.7. The summed E-state index contributed by atoms with van der Waals surface area (Å²) in [5.74, 6) is 5.46. The third-order valence-electron chi connectivity index (χ3n) is 0.822. The van der Waals surface area contributed by atoms with Gasteiger partial charge in [0.05, 0.1) is 6.07 Å². The summed E-state index contributed by atoms with van der Waals surface area (Å²) < 4.78 is 0. The summed E-state index contributed by atoms with van der Waals surface area (Å²) in [6.07, 6.45) is 4.91. The number of nitrogens with two attached hydrogens (primary N) is 2. The number of aryl methyl sites for hydroxylation is 1. The number of nitrogens with zero attached hydrogens (tertiary/aromatic N) is 4. The zero-order valence-corrected chi connectivity index (χ0v) is 29.0. The molecule has 7 N–H and O–H groups in total. The maximum atomic E-state index is 9.31. The molecule has 11 nitrogen and oxygen atoms in total. The van der Waals surface area contributed by atoms with Gasteiger partial charge in [0.15, 0.2) is 0 Å². The first-order valence-electron chi connectivity index (χ1n) is 4.80. The van der Waals surface area contributed by atoms with E-state index in [-0.39, 0.29) is 183 Å². The van der Waals surface area contributed by atoms with E-state index < -0.39 is 0 Å². The van der Waals surface area contributed by atoms with E-state index in [4.69, 9.17) is 15.8 Å². The van der Waals surface area contributed by atoms with Crippen molar-refractivity contribution in [3.05, 3.63) is 12.2 Å². The number of H-pyrrole nitrogens is 1. The van der Waals surface area contributed by atoms with Crippen LogP contribution in [0.3, 0.4) is 0 Å². The van der Waals surface area contributed by atoms with Crippen molar-refractivity contribution in [2.24, 2.45) is 16.7 Å². The molecule has 1 rings (SSSR count). The van der Waals surface area contributed by atoms with E-state index in [1.165, 1.54) is 19.7 Å². The topological polar surface area (TPSA) is 188 Å². The Morgan fingerprint density at radius 2 is 1.83 bits per heavy atom. The molecule has 0 atom stereocenters. The molecule has 0 spiro atoms. The zero-order valence-electron chi connectivity index (χ0n) is 14.3. The average Bonchev–Trinajstić information content (AvgIpc) is 2.89. The Hall–Kier alpha value is 2.42. The first kappa shape index (κ1) is 45.3. The number of nitrogens with one attached hydrogen (secondary N) is 3. The summed E-state index contributed by atoms with van der Waals surface area (Å²) in [6.45, 7) is 4.81. The molecular weight excluding hydrogens is 535 g/mol. The van der Waals surface area contributed by atoms with Crippen LogP contribution in [-0.2, 0) is 9.59 Å². The van der Waals surface area contributed by atoms with E-state index in [1.807, 2.05) is 12.3 Å². The molecule has 0 radical (unpaired) electrons. The van der Waals surface area contributed by atoms with Crippen LogP contribution in [0.1, 0.15) is 28.5 Å². The maximum absolute atomic E-state index is 9.31. The van der Waals surface area contributed by atoms with Crippen LogP contribution in [0, 0.1) is 24.6 Å². The number of aromatic nitrogens is 3. The summed E-state index contributed by atoms with van der Waals surface area (Å²) in [6, 6.07) is 1.75.